The number of nitro groups is 1. The highest BCUT2D eigenvalue weighted by atomic mass is 35.5. The van der Waals surface area contributed by atoms with E-state index in [4.69, 9.17) is 11.0 Å². The van der Waals surface area contributed by atoms with Crippen molar-refractivity contribution < 1.29 is 10.0 Å². The number of nitrogens with zero attached hydrogens (tertiary/aromatic N) is 2. The average molecular weight is 270 g/mol. The van der Waals surface area contributed by atoms with Crippen molar-refractivity contribution in [3.05, 3.63) is 33.4 Å². The van der Waals surface area contributed by atoms with Crippen molar-refractivity contribution in [2.45, 2.75) is 18.9 Å². The summed E-state index contributed by atoms with van der Waals surface area (Å²) in [7, 11) is 0. The van der Waals surface area contributed by atoms with Gasteiger partial charge < -0.3 is 10.8 Å². The zero-order valence-electron chi connectivity index (χ0n) is 9.37. The fourth-order valence-electron chi connectivity index (χ4n) is 1.81. The number of halogens is 1. The zero-order valence-corrected chi connectivity index (χ0v) is 10.2. The lowest BCUT2D eigenvalue weighted by Gasteiger charge is -2.12. The third-order valence-electron chi connectivity index (χ3n) is 2.93. The molecular formula is C11H12ClN3O3. The summed E-state index contributed by atoms with van der Waals surface area (Å²) >= 11 is 0. The zero-order chi connectivity index (χ0) is 12.6. The number of hydrogen-bond donors (Lipinski definition) is 2. The molecule has 1 atom stereocenters. The molecule has 0 amide bonds. The molecule has 0 saturated heterocycles. The smallest absolute Gasteiger partial charge is 0.312 e. The van der Waals surface area contributed by atoms with Crippen molar-refractivity contribution in [3.8, 4) is 11.8 Å². The third-order valence-corrected chi connectivity index (χ3v) is 2.93. The second-order valence-electron chi connectivity index (χ2n) is 4.17. The van der Waals surface area contributed by atoms with Crippen LogP contribution in [0.1, 0.15) is 30.0 Å². The summed E-state index contributed by atoms with van der Waals surface area (Å²) in [4.78, 5) is 10.0. The number of nitro benzene ring substituents is 1. The van der Waals surface area contributed by atoms with Crippen LogP contribution in [0.15, 0.2) is 12.1 Å². The van der Waals surface area contributed by atoms with Crippen molar-refractivity contribution in [1.82, 2.24) is 0 Å². The summed E-state index contributed by atoms with van der Waals surface area (Å²) in [5, 5.41) is 29.3. The minimum absolute atomic E-state index is 0. The van der Waals surface area contributed by atoms with Gasteiger partial charge >= 0.3 is 5.69 Å². The maximum Gasteiger partial charge on any atom is 0.312 e. The first-order valence-electron chi connectivity index (χ1n) is 5.21. The number of nitriles is 1. The van der Waals surface area contributed by atoms with E-state index in [9.17, 15) is 15.2 Å². The Morgan fingerprint density at radius 3 is 2.61 bits per heavy atom. The first kappa shape index (κ1) is 14.2. The van der Waals surface area contributed by atoms with E-state index in [0.717, 1.165) is 18.9 Å². The van der Waals surface area contributed by atoms with Gasteiger partial charge in [0, 0.05) is 17.7 Å². The molecule has 1 fully saturated rings. The maximum absolute atomic E-state index is 10.7. The lowest BCUT2D eigenvalue weighted by Crippen LogP contribution is -2.13. The predicted molar refractivity (Wildman–Crippen MR) is 66.4 cm³/mol. The molecule has 0 spiro atoms. The van der Waals surface area contributed by atoms with Gasteiger partial charge in [-0.3, -0.25) is 10.1 Å². The lowest BCUT2D eigenvalue weighted by atomic mass is 9.99. The molecule has 1 aromatic carbocycles. The van der Waals surface area contributed by atoms with E-state index in [1.165, 1.54) is 6.07 Å². The monoisotopic (exact) mass is 269 g/mol. The van der Waals surface area contributed by atoms with Crippen molar-refractivity contribution in [2.24, 2.45) is 11.7 Å². The van der Waals surface area contributed by atoms with Gasteiger partial charge in [0.05, 0.1) is 16.6 Å². The van der Waals surface area contributed by atoms with Crippen LogP contribution in [0.5, 0.6) is 5.75 Å². The number of phenolic OH excluding ortho intramolecular Hbond substituents is 1. The molecule has 1 aromatic rings. The first-order valence-corrected chi connectivity index (χ1v) is 5.21. The molecule has 0 aromatic heterocycles. The molecule has 18 heavy (non-hydrogen) atoms. The largest absolute Gasteiger partial charge is 0.502 e. The molecule has 96 valence electrons. The van der Waals surface area contributed by atoms with E-state index >= 15 is 0 Å². The van der Waals surface area contributed by atoms with Gasteiger partial charge in [0.2, 0.25) is 0 Å². The van der Waals surface area contributed by atoms with Crippen LogP contribution in [0.2, 0.25) is 0 Å². The summed E-state index contributed by atoms with van der Waals surface area (Å²) in [6.07, 6.45) is 1.90. The van der Waals surface area contributed by atoms with Gasteiger partial charge in [0.1, 0.15) is 0 Å². The van der Waals surface area contributed by atoms with Crippen LogP contribution in [0.4, 0.5) is 5.69 Å². The van der Waals surface area contributed by atoms with E-state index in [2.05, 4.69) is 0 Å². The van der Waals surface area contributed by atoms with E-state index in [1.807, 2.05) is 6.07 Å². The number of hydrogen-bond acceptors (Lipinski definition) is 5. The highest BCUT2D eigenvalue weighted by molar-refractivity contribution is 5.85. The van der Waals surface area contributed by atoms with Crippen molar-refractivity contribution in [2.75, 3.05) is 0 Å². The molecular weight excluding hydrogens is 258 g/mol. The van der Waals surface area contributed by atoms with Gasteiger partial charge in [-0.25, -0.2) is 0 Å². The van der Waals surface area contributed by atoms with Crippen LogP contribution < -0.4 is 5.73 Å². The number of rotatable bonds is 3. The Bertz CT molecular complexity index is 523. The Labute approximate surface area is 110 Å². The second-order valence-corrected chi connectivity index (χ2v) is 4.17. The fourth-order valence-corrected chi connectivity index (χ4v) is 1.81. The Hall–Kier alpha value is -1.84. The molecule has 3 N–H and O–H groups in total. The molecule has 7 heteroatoms. The van der Waals surface area contributed by atoms with Gasteiger partial charge in [0.25, 0.3) is 0 Å². The van der Waals surface area contributed by atoms with E-state index in [1.54, 1.807) is 0 Å². The molecule has 0 unspecified atom stereocenters. The van der Waals surface area contributed by atoms with Crippen LogP contribution in [0, 0.1) is 27.4 Å². The molecule has 1 aliphatic carbocycles. The Morgan fingerprint density at radius 2 is 2.17 bits per heavy atom. The highest BCUT2D eigenvalue weighted by Crippen LogP contribution is 2.44. The second kappa shape index (κ2) is 5.21. The summed E-state index contributed by atoms with van der Waals surface area (Å²) < 4.78 is 0. The SMILES string of the molecule is Cl.N#Cc1cc([C@H](N)C2CC2)c(O)c([N+](=O)[O-])c1. The lowest BCUT2D eigenvalue weighted by molar-refractivity contribution is -0.386. The van der Waals surface area contributed by atoms with Gasteiger partial charge in [-0.05, 0) is 24.8 Å². The Morgan fingerprint density at radius 1 is 1.56 bits per heavy atom. The summed E-state index contributed by atoms with van der Waals surface area (Å²) in [6, 6.07) is 3.87. The van der Waals surface area contributed by atoms with Crippen molar-refractivity contribution in [1.29, 1.82) is 5.26 Å². The molecule has 0 bridgehead atoms. The number of phenols is 1. The topological polar surface area (TPSA) is 113 Å². The minimum Gasteiger partial charge on any atom is -0.502 e. The maximum atomic E-state index is 10.7. The first-order chi connectivity index (χ1) is 8.04. The minimum atomic E-state index is -0.709. The average Bonchev–Trinajstić information content (AvgIpc) is 3.12. The van der Waals surface area contributed by atoms with E-state index < -0.39 is 22.4 Å². The standard InChI is InChI=1S/C11H11N3O3.ClH/c12-5-6-3-8(10(13)7-1-2-7)11(15)9(4-6)14(16)17;/h3-4,7,10,15H,1-2,13H2;1H/t10-;/m1./s1. The van der Waals surface area contributed by atoms with Crippen LogP contribution in [-0.2, 0) is 0 Å². The van der Waals surface area contributed by atoms with Crippen molar-refractivity contribution >= 4 is 18.1 Å². The number of benzene rings is 1. The normalized spacial score (nSPS) is 15.3. The van der Waals surface area contributed by atoms with Gasteiger partial charge in [-0.2, -0.15) is 5.26 Å². The summed E-state index contributed by atoms with van der Waals surface area (Å²) in [5.41, 5.74) is 5.87. The number of aromatic hydroxyl groups is 1. The summed E-state index contributed by atoms with van der Waals surface area (Å²) in [5.74, 6) is -0.178. The van der Waals surface area contributed by atoms with Crippen LogP contribution in [0.25, 0.3) is 0 Å². The molecule has 2 rings (SSSR count). The molecule has 0 radical (unpaired) electrons. The highest BCUT2D eigenvalue weighted by Gasteiger charge is 2.33. The molecule has 0 aliphatic heterocycles. The van der Waals surface area contributed by atoms with Gasteiger partial charge in [-0.1, -0.05) is 0 Å². The van der Waals surface area contributed by atoms with Crippen molar-refractivity contribution in [3.63, 3.8) is 0 Å². The molecule has 6 nitrogen and oxygen atoms in total. The molecule has 0 heterocycles. The quantitative estimate of drug-likeness (QED) is 0.643. The van der Waals surface area contributed by atoms with E-state index in [-0.39, 0.29) is 23.9 Å². The van der Waals surface area contributed by atoms with Crippen LogP contribution >= 0.6 is 12.4 Å². The molecule has 1 aliphatic rings. The summed E-state index contributed by atoms with van der Waals surface area (Å²) in [6.45, 7) is 0. The van der Waals surface area contributed by atoms with Gasteiger partial charge in [0.15, 0.2) is 5.75 Å². The Kier molecular flexibility index (Phi) is 4.11. The predicted octanol–water partition coefficient (Wildman–Crippen LogP) is 2.00. The van der Waals surface area contributed by atoms with Crippen LogP contribution in [0.3, 0.4) is 0 Å². The fraction of sp³-hybridized carbons (Fsp3) is 0.364. The van der Waals surface area contributed by atoms with Crippen LogP contribution in [-0.4, -0.2) is 10.0 Å². The third kappa shape index (κ3) is 2.53. The van der Waals surface area contributed by atoms with Gasteiger partial charge in [-0.15, -0.1) is 12.4 Å². The van der Waals surface area contributed by atoms with E-state index in [0.29, 0.717) is 5.56 Å². The Balaban J connectivity index is 0.00000162. The number of nitrogens with two attached hydrogens (primary N) is 1. The molecule has 1 saturated carbocycles.